The minimum atomic E-state index is -0.306. The van der Waals surface area contributed by atoms with Gasteiger partial charge in [0.15, 0.2) is 0 Å². The summed E-state index contributed by atoms with van der Waals surface area (Å²) >= 11 is 0. The molecule has 0 amide bonds. The van der Waals surface area contributed by atoms with Crippen molar-refractivity contribution in [3.63, 3.8) is 0 Å². The zero-order chi connectivity index (χ0) is 6.57. The lowest BCUT2D eigenvalue weighted by atomic mass is 9.95. The fourth-order valence-corrected chi connectivity index (χ4v) is 0.326. The molecule has 0 N–H and O–H groups in total. The first-order chi connectivity index (χ1) is 3.72. The van der Waals surface area contributed by atoms with Crippen LogP contribution in [0.5, 0.6) is 0 Å². The van der Waals surface area contributed by atoms with Gasteiger partial charge in [0.25, 0.3) is 0 Å². The topological polar surface area (TPSA) is 18.5 Å². The van der Waals surface area contributed by atoms with Gasteiger partial charge in [-0.2, -0.15) is 0 Å². The molecule has 2 unspecified atom stereocenters. The lowest BCUT2D eigenvalue weighted by Gasteiger charge is -2.16. The molecule has 0 fully saturated rings. The predicted octanol–water partition coefficient (Wildman–Crippen LogP) is 0.162. The Morgan fingerprint density at radius 2 is 1.75 bits per heavy atom. The lowest BCUT2D eigenvalue weighted by molar-refractivity contribution is 0.0165. The van der Waals surface area contributed by atoms with Crippen molar-refractivity contribution in [3.05, 3.63) is 0 Å². The first-order valence-corrected chi connectivity index (χ1v) is 2.53. The highest BCUT2D eigenvalue weighted by atomic mass is 16.5. The van der Waals surface area contributed by atoms with Gasteiger partial charge < -0.3 is 9.47 Å². The Hall–Kier alpha value is -0.0151. The van der Waals surface area contributed by atoms with Gasteiger partial charge in [-0.25, -0.2) is 0 Å². The van der Waals surface area contributed by atoms with Gasteiger partial charge in [0.2, 0.25) is 0 Å². The van der Waals surface area contributed by atoms with Crippen molar-refractivity contribution in [2.75, 3.05) is 14.2 Å². The Morgan fingerprint density at radius 3 is 1.88 bits per heavy atom. The van der Waals surface area contributed by atoms with E-state index in [-0.39, 0.29) is 12.1 Å². The lowest BCUT2D eigenvalue weighted by Crippen LogP contribution is -2.26. The summed E-state index contributed by atoms with van der Waals surface area (Å²) < 4.78 is 9.61. The molecule has 0 saturated heterocycles. The van der Waals surface area contributed by atoms with E-state index in [1.165, 1.54) is 0 Å². The molecule has 8 heavy (non-hydrogen) atoms. The molecule has 0 aliphatic rings. The fraction of sp³-hybridized carbons (Fsp3) is 1.00. The van der Waals surface area contributed by atoms with Crippen LogP contribution in [0.2, 0.25) is 0 Å². The van der Waals surface area contributed by atoms with E-state index in [1.54, 1.807) is 14.2 Å². The number of rotatable bonds is 3. The molecule has 2 atom stereocenters. The largest absolute Gasteiger partial charge is 0.389 e. The summed E-state index contributed by atoms with van der Waals surface area (Å²) in [6, 6.07) is -0.306. The SMILES string of the molecule is [B]C(OC)C(C)OC. The monoisotopic (exact) mass is 114 g/mol. The molecule has 0 saturated carbocycles. The van der Waals surface area contributed by atoms with Crippen molar-refractivity contribution in [3.8, 4) is 0 Å². The van der Waals surface area contributed by atoms with Gasteiger partial charge in [0.1, 0.15) is 7.85 Å². The molecule has 2 nitrogen and oxygen atoms in total. The van der Waals surface area contributed by atoms with Crippen LogP contribution < -0.4 is 0 Å². The molecule has 0 rings (SSSR count). The van der Waals surface area contributed by atoms with Gasteiger partial charge in [-0.3, -0.25) is 0 Å². The van der Waals surface area contributed by atoms with Crippen molar-refractivity contribution in [1.82, 2.24) is 0 Å². The highest BCUT2D eigenvalue weighted by Crippen LogP contribution is 1.94. The van der Waals surface area contributed by atoms with E-state index in [0.29, 0.717) is 0 Å². The van der Waals surface area contributed by atoms with Crippen LogP contribution in [0, 0.1) is 0 Å². The van der Waals surface area contributed by atoms with Gasteiger partial charge in [0.05, 0.1) is 6.10 Å². The summed E-state index contributed by atoms with van der Waals surface area (Å²) in [5.74, 6) is 0. The molecular formula is C5H11BO2. The van der Waals surface area contributed by atoms with E-state index in [9.17, 15) is 0 Å². The second-order valence-corrected chi connectivity index (χ2v) is 1.64. The Bertz CT molecular complexity index is 50.4. The predicted molar refractivity (Wildman–Crippen MR) is 33.0 cm³/mol. The second-order valence-electron chi connectivity index (χ2n) is 1.64. The Labute approximate surface area is 51.6 Å². The zero-order valence-electron chi connectivity index (χ0n) is 5.55. The third-order valence-corrected chi connectivity index (χ3v) is 1.11. The molecule has 0 aromatic heterocycles. The van der Waals surface area contributed by atoms with Crippen molar-refractivity contribution in [2.45, 2.75) is 19.0 Å². The summed E-state index contributed by atoms with van der Waals surface area (Å²) in [5, 5.41) is 0. The maximum absolute atomic E-state index is 5.38. The van der Waals surface area contributed by atoms with Crippen LogP contribution in [-0.4, -0.2) is 34.2 Å². The van der Waals surface area contributed by atoms with Gasteiger partial charge in [0, 0.05) is 20.2 Å². The molecule has 3 heteroatoms. The van der Waals surface area contributed by atoms with E-state index in [4.69, 9.17) is 17.3 Å². The van der Waals surface area contributed by atoms with Crippen molar-refractivity contribution in [2.24, 2.45) is 0 Å². The summed E-state index contributed by atoms with van der Waals surface area (Å²) in [6.07, 6.45) is -0.0278. The summed E-state index contributed by atoms with van der Waals surface area (Å²) in [4.78, 5) is 0. The average molecular weight is 114 g/mol. The van der Waals surface area contributed by atoms with Gasteiger partial charge in [-0.05, 0) is 6.92 Å². The third kappa shape index (κ3) is 2.33. The van der Waals surface area contributed by atoms with Crippen molar-refractivity contribution < 1.29 is 9.47 Å². The van der Waals surface area contributed by atoms with Crippen molar-refractivity contribution >= 4 is 7.85 Å². The van der Waals surface area contributed by atoms with Gasteiger partial charge >= 0.3 is 0 Å². The first kappa shape index (κ1) is 7.98. The second kappa shape index (κ2) is 3.92. The normalized spacial score (nSPS) is 17.9. The van der Waals surface area contributed by atoms with Crippen molar-refractivity contribution in [1.29, 1.82) is 0 Å². The van der Waals surface area contributed by atoms with Crippen LogP contribution in [0.3, 0.4) is 0 Å². The van der Waals surface area contributed by atoms with Crippen LogP contribution in [-0.2, 0) is 9.47 Å². The maximum atomic E-state index is 5.38. The Balaban J connectivity index is 3.29. The molecule has 0 aliphatic carbocycles. The highest BCUT2D eigenvalue weighted by Gasteiger charge is 2.07. The molecular weight excluding hydrogens is 103 g/mol. The third-order valence-electron chi connectivity index (χ3n) is 1.11. The van der Waals surface area contributed by atoms with Gasteiger partial charge in [-0.15, -0.1) is 0 Å². The molecule has 0 bridgehead atoms. The average Bonchev–Trinajstić information content (AvgIpc) is 1.84. The smallest absolute Gasteiger partial charge is 0.112 e. The minimum absolute atomic E-state index is 0.0278. The molecule has 46 valence electrons. The number of ether oxygens (including phenoxy) is 2. The van der Waals surface area contributed by atoms with Gasteiger partial charge in [-0.1, -0.05) is 0 Å². The Morgan fingerprint density at radius 1 is 1.25 bits per heavy atom. The molecule has 0 aromatic carbocycles. The molecule has 0 aromatic rings. The highest BCUT2D eigenvalue weighted by molar-refractivity contribution is 6.11. The van der Waals surface area contributed by atoms with E-state index in [1.807, 2.05) is 6.92 Å². The van der Waals surface area contributed by atoms with Crippen LogP contribution in [0.4, 0.5) is 0 Å². The number of methoxy groups -OCH3 is 2. The van der Waals surface area contributed by atoms with Crippen LogP contribution in [0.1, 0.15) is 6.92 Å². The standard InChI is InChI=1S/C5H11BO2/c1-4(7-2)5(6)8-3/h4-5H,1-3H3. The molecule has 0 heterocycles. The van der Waals surface area contributed by atoms with Crippen LogP contribution in [0.15, 0.2) is 0 Å². The minimum Gasteiger partial charge on any atom is -0.389 e. The van der Waals surface area contributed by atoms with E-state index < -0.39 is 0 Å². The zero-order valence-corrected chi connectivity index (χ0v) is 5.55. The van der Waals surface area contributed by atoms with E-state index >= 15 is 0 Å². The number of hydrogen-bond acceptors (Lipinski definition) is 2. The number of hydrogen-bond donors (Lipinski definition) is 0. The molecule has 2 radical (unpaired) electrons. The maximum Gasteiger partial charge on any atom is 0.112 e. The first-order valence-electron chi connectivity index (χ1n) is 2.53. The van der Waals surface area contributed by atoms with E-state index in [0.717, 1.165) is 0 Å². The summed E-state index contributed by atoms with van der Waals surface area (Å²) in [6.45, 7) is 1.86. The molecule has 0 spiro atoms. The quantitative estimate of drug-likeness (QED) is 0.486. The summed E-state index contributed by atoms with van der Waals surface area (Å²) in [7, 11) is 8.54. The Kier molecular flexibility index (Phi) is 3.92. The van der Waals surface area contributed by atoms with Crippen LogP contribution in [0.25, 0.3) is 0 Å². The summed E-state index contributed by atoms with van der Waals surface area (Å²) in [5.41, 5.74) is 0. The molecule has 0 aliphatic heterocycles. The van der Waals surface area contributed by atoms with Crippen LogP contribution >= 0.6 is 0 Å². The van der Waals surface area contributed by atoms with E-state index in [2.05, 4.69) is 0 Å². The fourth-order valence-electron chi connectivity index (χ4n) is 0.326.